The summed E-state index contributed by atoms with van der Waals surface area (Å²) in [7, 11) is 0. The molecule has 2 aliphatic rings. The second-order valence-corrected chi connectivity index (χ2v) is 6.55. The van der Waals surface area contributed by atoms with Crippen molar-refractivity contribution in [1.29, 1.82) is 5.26 Å². The summed E-state index contributed by atoms with van der Waals surface area (Å²) in [5.41, 5.74) is 0.755. The summed E-state index contributed by atoms with van der Waals surface area (Å²) >= 11 is 0. The zero-order valence-corrected chi connectivity index (χ0v) is 14.1. The first-order chi connectivity index (χ1) is 12.0. The van der Waals surface area contributed by atoms with Crippen LogP contribution in [-0.4, -0.2) is 54.0 Å². The Balaban J connectivity index is 1.65. The van der Waals surface area contributed by atoms with Crippen molar-refractivity contribution in [2.45, 2.75) is 31.8 Å². The Kier molecular flexibility index (Phi) is 4.86. The maximum Gasteiger partial charge on any atom is 0.293 e. The van der Waals surface area contributed by atoms with Gasteiger partial charge in [-0.15, -0.1) is 0 Å². The van der Waals surface area contributed by atoms with Crippen molar-refractivity contribution in [1.82, 2.24) is 10.2 Å². The van der Waals surface area contributed by atoms with Gasteiger partial charge >= 0.3 is 0 Å². The summed E-state index contributed by atoms with van der Waals surface area (Å²) < 4.78 is 0. The third kappa shape index (κ3) is 3.88. The lowest BCUT2D eigenvalue weighted by molar-refractivity contribution is -0.384. The van der Waals surface area contributed by atoms with Gasteiger partial charge in [0.2, 0.25) is 5.91 Å². The molecule has 2 fully saturated rings. The SMILES string of the molecule is CC(C(=O)NC1CC1)N1CCN(c2ccc(C#N)cc2[N+](=O)[O-])CC1. The molecule has 8 nitrogen and oxygen atoms in total. The van der Waals surface area contributed by atoms with Gasteiger partial charge in [0.25, 0.3) is 5.69 Å². The molecule has 1 amide bonds. The molecule has 1 unspecified atom stereocenters. The number of hydrogen-bond acceptors (Lipinski definition) is 6. The molecule has 25 heavy (non-hydrogen) atoms. The minimum atomic E-state index is -0.450. The Labute approximate surface area is 146 Å². The number of piperazine rings is 1. The Morgan fingerprint density at radius 3 is 2.60 bits per heavy atom. The van der Waals surface area contributed by atoms with Crippen molar-refractivity contribution in [3.8, 4) is 6.07 Å². The number of anilines is 1. The number of carbonyl (C=O) groups is 1. The predicted octanol–water partition coefficient (Wildman–Crippen LogP) is 1.26. The summed E-state index contributed by atoms with van der Waals surface area (Å²) in [6.45, 7) is 4.44. The lowest BCUT2D eigenvalue weighted by Crippen LogP contribution is -2.54. The number of nitro groups is 1. The highest BCUT2D eigenvalue weighted by atomic mass is 16.6. The zero-order chi connectivity index (χ0) is 18.0. The van der Waals surface area contributed by atoms with Gasteiger partial charge in [-0.2, -0.15) is 5.26 Å². The van der Waals surface area contributed by atoms with Crippen LogP contribution in [-0.2, 0) is 4.79 Å². The van der Waals surface area contributed by atoms with Gasteiger partial charge in [0.15, 0.2) is 0 Å². The zero-order valence-electron chi connectivity index (χ0n) is 14.1. The third-order valence-corrected chi connectivity index (χ3v) is 4.81. The van der Waals surface area contributed by atoms with Crippen LogP contribution in [0.15, 0.2) is 18.2 Å². The van der Waals surface area contributed by atoms with Crippen LogP contribution in [0, 0.1) is 21.4 Å². The highest BCUT2D eigenvalue weighted by Gasteiger charge is 2.31. The molecular formula is C17H21N5O3. The number of nitrogens with one attached hydrogen (secondary N) is 1. The molecule has 1 heterocycles. The number of rotatable bonds is 5. The van der Waals surface area contributed by atoms with Crippen LogP contribution in [0.2, 0.25) is 0 Å². The van der Waals surface area contributed by atoms with Crippen LogP contribution in [0.3, 0.4) is 0 Å². The normalized spacial score (nSPS) is 19.1. The molecule has 1 saturated heterocycles. The van der Waals surface area contributed by atoms with Gasteiger partial charge in [0.05, 0.1) is 22.6 Å². The number of amides is 1. The first-order valence-corrected chi connectivity index (χ1v) is 8.47. The summed E-state index contributed by atoms with van der Waals surface area (Å²) in [5, 5.41) is 23.3. The van der Waals surface area contributed by atoms with Gasteiger partial charge in [0.1, 0.15) is 5.69 Å². The van der Waals surface area contributed by atoms with Gasteiger partial charge in [-0.05, 0) is 31.9 Å². The number of nitrogens with zero attached hydrogens (tertiary/aromatic N) is 4. The third-order valence-electron chi connectivity index (χ3n) is 4.81. The van der Waals surface area contributed by atoms with E-state index in [1.807, 2.05) is 17.9 Å². The average molecular weight is 343 g/mol. The van der Waals surface area contributed by atoms with Gasteiger partial charge < -0.3 is 10.2 Å². The molecule has 1 aromatic carbocycles. The topological polar surface area (TPSA) is 103 Å². The van der Waals surface area contributed by atoms with E-state index in [1.165, 1.54) is 6.07 Å². The molecule has 1 aliphatic carbocycles. The standard InChI is InChI=1S/C17H21N5O3/c1-12(17(23)19-14-3-4-14)20-6-8-21(9-7-20)15-5-2-13(11-18)10-16(15)22(24)25/h2,5,10,12,14H,3-4,6-9H2,1H3,(H,19,23). The number of nitriles is 1. The fourth-order valence-electron chi connectivity index (χ4n) is 3.07. The first-order valence-electron chi connectivity index (χ1n) is 8.47. The van der Waals surface area contributed by atoms with Crippen molar-refractivity contribution in [2.75, 3.05) is 31.1 Å². The first kappa shape index (κ1) is 17.2. The lowest BCUT2D eigenvalue weighted by Gasteiger charge is -2.38. The van der Waals surface area contributed by atoms with Crippen molar-refractivity contribution in [2.24, 2.45) is 0 Å². The maximum absolute atomic E-state index is 12.2. The highest BCUT2D eigenvalue weighted by molar-refractivity contribution is 5.82. The van der Waals surface area contributed by atoms with Crippen LogP contribution in [0.25, 0.3) is 0 Å². The summed E-state index contributed by atoms with van der Waals surface area (Å²) in [6.07, 6.45) is 2.13. The largest absolute Gasteiger partial charge is 0.363 e. The van der Waals surface area contributed by atoms with E-state index in [4.69, 9.17) is 5.26 Å². The van der Waals surface area contributed by atoms with Crippen molar-refractivity contribution >= 4 is 17.3 Å². The monoisotopic (exact) mass is 343 g/mol. The number of hydrogen-bond donors (Lipinski definition) is 1. The van der Waals surface area contributed by atoms with Crippen LogP contribution < -0.4 is 10.2 Å². The average Bonchev–Trinajstić information content (AvgIpc) is 3.44. The summed E-state index contributed by atoms with van der Waals surface area (Å²) in [6, 6.07) is 6.63. The van der Waals surface area contributed by atoms with Crippen molar-refractivity contribution < 1.29 is 9.72 Å². The van der Waals surface area contributed by atoms with Gasteiger partial charge in [-0.25, -0.2) is 0 Å². The Hall–Kier alpha value is -2.66. The van der Waals surface area contributed by atoms with E-state index in [0.29, 0.717) is 37.9 Å². The molecule has 1 aliphatic heterocycles. The Morgan fingerprint density at radius 1 is 1.36 bits per heavy atom. The molecule has 3 rings (SSSR count). The molecule has 1 saturated carbocycles. The van der Waals surface area contributed by atoms with Crippen molar-refractivity contribution in [3.05, 3.63) is 33.9 Å². The van der Waals surface area contributed by atoms with Crippen LogP contribution in [0.4, 0.5) is 11.4 Å². The maximum atomic E-state index is 12.2. The number of carbonyl (C=O) groups excluding carboxylic acids is 1. The summed E-state index contributed by atoms with van der Waals surface area (Å²) in [5.74, 6) is 0.0558. The molecule has 1 N–H and O–H groups in total. The second kappa shape index (κ2) is 7.07. The van der Waals surface area contributed by atoms with E-state index >= 15 is 0 Å². The Bertz CT molecular complexity index is 717. The molecule has 132 valence electrons. The van der Waals surface area contributed by atoms with E-state index in [-0.39, 0.29) is 23.2 Å². The molecule has 8 heteroatoms. The Morgan fingerprint density at radius 2 is 2.04 bits per heavy atom. The van der Waals surface area contributed by atoms with E-state index < -0.39 is 4.92 Å². The van der Waals surface area contributed by atoms with E-state index in [9.17, 15) is 14.9 Å². The van der Waals surface area contributed by atoms with E-state index in [1.54, 1.807) is 12.1 Å². The molecular weight excluding hydrogens is 322 g/mol. The molecule has 0 bridgehead atoms. The van der Waals surface area contributed by atoms with Gasteiger partial charge in [-0.3, -0.25) is 19.8 Å². The molecule has 0 spiro atoms. The highest BCUT2D eigenvalue weighted by Crippen LogP contribution is 2.30. The molecule has 0 radical (unpaired) electrons. The fraction of sp³-hybridized carbons (Fsp3) is 0.529. The fourth-order valence-corrected chi connectivity index (χ4v) is 3.07. The number of nitro benzene ring substituents is 1. The van der Waals surface area contributed by atoms with Gasteiger partial charge in [-0.1, -0.05) is 0 Å². The van der Waals surface area contributed by atoms with Crippen LogP contribution in [0.1, 0.15) is 25.3 Å². The minimum Gasteiger partial charge on any atom is -0.363 e. The van der Waals surface area contributed by atoms with Crippen molar-refractivity contribution in [3.63, 3.8) is 0 Å². The second-order valence-electron chi connectivity index (χ2n) is 6.55. The lowest BCUT2D eigenvalue weighted by atomic mass is 10.1. The minimum absolute atomic E-state index is 0.0491. The smallest absolute Gasteiger partial charge is 0.293 e. The van der Waals surface area contributed by atoms with Gasteiger partial charge in [0, 0.05) is 38.3 Å². The quantitative estimate of drug-likeness (QED) is 0.638. The van der Waals surface area contributed by atoms with E-state index in [2.05, 4.69) is 10.2 Å². The van der Waals surface area contributed by atoms with Crippen LogP contribution >= 0.6 is 0 Å². The predicted molar refractivity (Wildman–Crippen MR) is 92.2 cm³/mol. The summed E-state index contributed by atoms with van der Waals surface area (Å²) in [4.78, 5) is 27.1. The number of benzene rings is 1. The molecule has 1 atom stereocenters. The van der Waals surface area contributed by atoms with E-state index in [0.717, 1.165) is 12.8 Å². The van der Waals surface area contributed by atoms with Crippen LogP contribution in [0.5, 0.6) is 0 Å². The molecule has 1 aromatic rings. The molecule has 0 aromatic heterocycles.